The smallest absolute Gasteiger partial charge is 0.257 e. The van der Waals surface area contributed by atoms with Crippen LogP contribution in [0.2, 0.25) is 0 Å². The number of para-hydroxylation sites is 1. The van der Waals surface area contributed by atoms with Crippen LogP contribution in [0.3, 0.4) is 0 Å². The number of rotatable bonds is 6. The molecule has 2 saturated heterocycles. The van der Waals surface area contributed by atoms with Crippen LogP contribution >= 0.6 is 0 Å². The minimum Gasteiger partial charge on any atom is -0.493 e. The number of carbonyl (C=O) groups is 2. The molecule has 0 N–H and O–H groups in total. The van der Waals surface area contributed by atoms with Gasteiger partial charge in [-0.25, -0.2) is 8.78 Å². The van der Waals surface area contributed by atoms with E-state index in [0.717, 1.165) is 38.7 Å². The van der Waals surface area contributed by atoms with Crippen molar-refractivity contribution in [3.63, 3.8) is 0 Å². The predicted octanol–water partition coefficient (Wildman–Crippen LogP) is 4.24. The maximum atomic E-state index is 14.1. The third kappa shape index (κ3) is 5.45. The Hall–Kier alpha value is -3.07. The number of nitrogens with zero attached hydrogens (tertiary/aromatic N) is 3. The first-order valence-electron chi connectivity index (χ1n) is 12.0. The van der Waals surface area contributed by atoms with Crippen LogP contribution in [0.5, 0.6) is 5.75 Å². The second kappa shape index (κ2) is 11.1. The molecular formula is C26H30F3N3O3. The zero-order chi connectivity index (χ0) is 24.9. The van der Waals surface area contributed by atoms with Gasteiger partial charge < -0.3 is 14.5 Å². The van der Waals surface area contributed by atoms with Crippen LogP contribution in [0.4, 0.5) is 18.9 Å². The van der Waals surface area contributed by atoms with Crippen molar-refractivity contribution >= 4 is 17.5 Å². The molecule has 4 rings (SSSR count). The van der Waals surface area contributed by atoms with Crippen molar-refractivity contribution < 1.29 is 27.5 Å². The molecule has 0 aliphatic carbocycles. The maximum absolute atomic E-state index is 14.1. The van der Waals surface area contributed by atoms with E-state index < -0.39 is 29.1 Å². The molecule has 0 bridgehead atoms. The molecule has 2 aromatic carbocycles. The van der Waals surface area contributed by atoms with Gasteiger partial charge in [0.05, 0.1) is 19.2 Å². The lowest BCUT2D eigenvalue weighted by Gasteiger charge is -2.39. The van der Waals surface area contributed by atoms with Gasteiger partial charge >= 0.3 is 0 Å². The van der Waals surface area contributed by atoms with E-state index in [2.05, 4.69) is 4.90 Å². The summed E-state index contributed by atoms with van der Waals surface area (Å²) in [5.74, 6) is -5.87. The Kier molecular flexibility index (Phi) is 7.95. The molecule has 6 nitrogen and oxygen atoms in total. The summed E-state index contributed by atoms with van der Waals surface area (Å²) in [5, 5.41) is 0. The number of piperidine rings is 2. The molecule has 0 unspecified atom stereocenters. The number of amides is 2. The Morgan fingerprint density at radius 3 is 2.26 bits per heavy atom. The normalized spacial score (nSPS) is 17.3. The topological polar surface area (TPSA) is 53.1 Å². The molecule has 2 aromatic rings. The van der Waals surface area contributed by atoms with Crippen LogP contribution in [0.15, 0.2) is 36.4 Å². The molecule has 35 heavy (non-hydrogen) atoms. The molecule has 0 spiro atoms. The average molecular weight is 490 g/mol. The Bertz CT molecular complexity index is 1050. The molecule has 9 heteroatoms. The molecular weight excluding hydrogens is 459 g/mol. The lowest BCUT2D eigenvalue weighted by Crippen LogP contribution is -2.51. The first-order valence-corrected chi connectivity index (χ1v) is 12.0. The molecule has 2 fully saturated rings. The molecule has 0 saturated carbocycles. The number of hydrogen-bond acceptors (Lipinski definition) is 4. The van der Waals surface area contributed by atoms with Crippen LogP contribution in [0.25, 0.3) is 0 Å². The molecule has 0 atom stereocenters. The summed E-state index contributed by atoms with van der Waals surface area (Å²) in [5.41, 5.74) is 0.451. The van der Waals surface area contributed by atoms with Gasteiger partial charge in [-0.2, -0.15) is 4.39 Å². The zero-order valence-electron chi connectivity index (χ0n) is 19.8. The summed E-state index contributed by atoms with van der Waals surface area (Å²) in [4.78, 5) is 31.9. The fourth-order valence-corrected chi connectivity index (χ4v) is 4.97. The van der Waals surface area contributed by atoms with Gasteiger partial charge in [-0.3, -0.25) is 14.5 Å². The second-order valence-corrected chi connectivity index (χ2v) is 9.03. The highest BCUT2D eigenvalue weighted by Gasteiger charge is 2.33. The van der Waals surface area contributed by atoms with E-state index in [1.165, 1.54) is 11.3 Å². The highest BCUT2D eigenvalue weighted by atomic mass is 19.2. The van der Waals surface area contributed by atoms with E-state index in [1.54, 1.807) is 0 Å². The standard InChI is InChI=1S/C26H30F3N3O3/c1-35-25-20(16-21(27)23(28)24(25)29)26(34)31-14-10-19(11-15-31)32(18-8-4-2-5-9-18)22(33)17-30-12-6-3-7-13-30/h2,4-5,8-9,16,19H,3,6-7,10-15,17H2,1H3. The minimum atomic E-state index is -1.68. The lowest BCUT2D eigenvalue weighted by molar-refractivity contribution is -0.120. The lowest BCUT2D eigenvalue weighted by atomic mass is 10.0. The summed E-state index contributed by atoms with van der Waals surface area (Å²) in [6.07, 6.45) is 4.37. The Balaban J connectivity index is 1.49. The molecule has 0 aromatic heterocycles. The fourth-order valence-electron chi connectivity index (χ4n) is 4.97. The summed E-state index contributed by atoms with van der Waals surface area (Å²) < 4.78 is 46.4. The number of anilines is 1. The van der Waals surface area contributed by atoms with Gasteiger partial charge in [-0.1, -0.05) is 24.6 Å². The summed E-state index contributed by atoms with van der Waals surface area (Å²) in [6.45, 7) is 2.74. The van der Waals surface area contributed by atoms with Crippen molar-refractivity contribution in [2.45, 2.75) is 38.1 Å². The van der Waals surface area contributed by atoms with Crippen molar-refractivity contribution in [2.24, 2.45) is 0 Å². The summed E-state index contributed by atoms with van der Waals surface area (Å²) in [7, 11) is 1.10. The average Bonchev–Trinajstić information content (AvgIpc) is 2.88. The SMILES string of the molecule is COc1c(C(=O)N2CCC(N(C(=O)CN3CCCCC3)c3ccccc3)CC2)cc(F)c(F)c1F. The molecule has 188 valence electrons. The van der Waals surface area contributed by atoms with Gasteiger partial charge in [0.1, 0.15) is 0 Å². The summed E-state index contributed by atoms with van der Waals surface area (Å²) >= 11 is 0. The number of hydrogen-bond donors (Lipinski definition) is 0. The highest BCUT2D eigenvalue weighted by Crippen LogP contribution is 2.30. The van der Waals surface area contributed by atoms with E-state index in [9.17, 15) is 22.8 Å². The van der Waals surface area contributed by atoms with Crippen molar-refractivity contribution in [1.82, 2.24) is 9.80 Å². The van der Waals surface area contributed by atoms with Crippen molar-refractivity contribution in [1.29, 1.82) is 0 Å². The van der Waals surface area contributed by atoms with E-state index in [-0.39, 0.29) is 30.6 Å². The zero-order valence-corrected chi connectivity index (χ0v) is 19.8. The molecule has 2 heterocycles. The maximum Gasteiger partial charge on any atom is 0.257 e. The third-order valence-electron chi connectivity index (χ3n) is 6.78. The van der Waals surface area contributed by atoms with E-state index in [1.807, 2.05) is 35.2 Å². The number of benzene rings is 2. The monoisotopic (exact) mass is 489 g/mol. The van der Waals surface area contributed by atoms with Crippen LogP contribution in [-0.4, -0.2) is 67.5 Å². The van der Waals surface area contributed by atoms with Crippen LogP contribution in [-0.2, 0) is 4.79 Å². The first kappa shape index (κ1) is 25.0. The van der Waals surface area contributed by atoms with Crippen LogP contribution in [0.1, 0.15) is 42.5 Å². The van der Waals surface area contributed by atoms with Crippen molar-refractivity contribution in [3.05, 3.63) is 59.4 Å². The largest absolute Gasteiger partial charge is 0.493 e. The van der Waals surface area contributed by atoms with Crippen LogP contribution < -0.4 is 9.64 Å². The molecule has 2 aliphatic rings. The van der Waals surface area contributed by atoms with E-state index >= 15 is 0 Å². The number of likely N-dealkylation sites (tertiary alicyclic amines) is 2. The second-order valence-electron chi connectivity index (χ2n) is 9.03. The third-order valence-corrected chi connectivity index (χ3v) is 6.78. The Labute approximate surface area is 203 Å². The van der Waals surface area contributed by atoms with Gasteiger partial charge in [0.2, 0.25) is 11.7 Å². The van der Waals surface area contributed by atoms with Gasteiger partial charge in [0.15, 0.2) is 17.4 Å². The predicted molar refractivity (Wildman–Crippen MR) is 126 cm³/mol. The minimum absolute atomic E-state index is 0.0206. The quantitative estimate of drug-likeness (QED) is 0.570. The molecule has 2 aliphatic heterocycles. The number of ether oxygens (including phenoxy) is 1. The number of halogens is 3. The van der Waals surface area contributed by atoms with Gasteiger partial charge in [-0.15, -0.1) is 0 Å². The first-order chi connectivity index (χ1) is 16.9. The Morgan fingerprint density at radius 1 is 0.971 bits per heavy atom. The Morgan fingerprint density at radius 2 is 1.63 bits per heavy atom. The number of methoxy groups -OCH3 is 1. The summed E-state index contributed by atoms with van der Waals surface area (Å²) in [6, 6.07) is 10.0. The fraction of sp³-hybridized carbons (Fsp3) is 0.462. The highest BCUT2D eigenvalue weighted by molar-refractivity contribution is 5.97. The van der Waals surface area contributed by atoms with Gasteiger partial charge in [0, 0.05) is 24.8 Å². The molecule has 2 amide bonds. The van der Waals surface area contributed by atoms with E-state index in [0.29, 0.717) is 25.5 Å². The van der Waals surface area contributed by atoms with Crippen molar-refractivity contribution in [3.8, 4) is 5.75 Å². The van der Waals surface area contributed by atoms with Crippen LogP contribution in [0, 0.1) is 17.5 Å². The molecule has 0 radical (unpaired) electrons. The van der Waals surface area contributed by atoms with Crippen molar-refractivity contribution in [2.75, 3.05) is 44.7 Å². The van der Waals surface area contributed by atoms with E-state index in [4.69, 9.17) is 4.74 Å². The number of carbonyl (C=O) groups excluding carboxylic acids is 2. The van der Waals surface area contributed by atoms with Gasteiger partial charge in [-0.05, 0) is 57.0 Å². The van der Waals surface area contributed by atoms with Gasteiger partial charge in [0.25, 0.3) is 5.91 Å².